The van der Waals surface area contributed by atoms with E-state index in [1.807, 2.05) is 0 Å². The fourth-order valence-corrected chi connectivity index (χ4v) is 1.66. The minimum atomic E-state index is -0.735. The predicted molar refractivity (Wildman–Crippen MR) is 74.8 cm³/mol. The van der Waals surface area contributed by atoms with Gasteiger partial charge in [-0.3, -0.25) is 4.84 Å². The van der Waals surface area contributed by atoms with Crippen LogP contribution in [-0.2, 0) is 9.57 Å². The van der Waals surface area contributed by atoms with E-state index >= 15 is 0 Å². The van der Waals surface area contributed by atoms with E-state index in [2.05, 4.69) is 13.8 Å². The molecule has 0 aromatic carbocycles. The summed E-state index contributed by atoms with van der Waals surface area (Å²) in [5.74, 6) is 0.516. The predicted octanol–water partition coefficient (Wildman–Crippen LogP) is 1.90. The summed E-state index contributed by atoms with van der Waals surface area (Å²) >= 11 is 0. The highest BCUT2D eigenvalue weighted by molar-refractivity contribution is 5.21. The Morgan fingerprint density at radius 2 is 1.95 bits per heavy atom. The van der Waals surface area contributed by atoms with Crippen LogP contribution in [0.1, 0.15) is 39.5 Å². The van der Waals surface area contributed by atoms with Gasteiger partial charge in [0.1, 0.15) is 11.9 Å². The maximum absolute atomic E-state index is 9.95. The highest BCUT2D eigenvalue weighted by atomic mass is 16.7. The molecule has 0 aromatic heterocycles. The van der Waals surface area contributed by atoms with Crippen LogP contribution in [0.3, 0.4) is 0 Å². The standard InChI is InChI=1S/C14H26N2O3/c1-3-5-7-18-14-11-16(19-8-6-4-2)12(10-15)9-13(14)17/h9,11,13,17H,3-8,10,15H2,1-2H3/t13-/m1/s1. The van der Waals surface area contributed by atoms with Crippen molar-refractivity contribution in [3.63, 3.8) is 0 Å². The second-order valence-corrected chi connectivity index (χ2v) is 4.55. The van der Waals surface area contributed by atoms with Gasteiger partial charge in [-0.1, -0.05) is 26.7 Å². The van der Waals surface area contributed by atoms with Crippen LogP contribution in [0.4, 0.5) is 0 Å². The number of nitrogens with two attached hydrogens (primary N) is 1. The SMILES string of the molecule is CCCCOC1=CN(OCCCC)C(CN)=C[C@H]1O. The number of hydrogen-bond donors (Lipinski definition) is 2. The smallest absolute Gasteiger partial charge is 0.147 e. The van der Waals surface area contributed by atoms with Crippen molar-refractivity contribution in [2.45, 2.75) is 45.6 Å². The lowest BCUT2D eigenvalue weighted by atomic mass is 10.2. The topological polar surface area (TPSA) is 68.0 Å². The summed E-state index contributed by atoms with van der Waals surface area (Å²) in [6.45, 7) is 5.76. The first-order chi connectivity index (χ1) is 9.22. The third kappa shape index (κ3) is 5.22. The highest BCUT2D eigenvalue weighted by Crippen LogP contribution is 2.20. The Kier molecular flexibility index (Phi) is 7.55. The van der Waals surface area contributed by atoms with Crippen molar-refractivity contribution in [3.8, 4) is 0 Å². The quantitative estimate of drug-likeness (QED) is 0.626. The average molecular weight is 270 g/mol. The molecule has 5 nitrogen and oxygen atoms in total. The molecule has 0 saturated heterocycles. The van der Waals surface area contributed by atoms with Crippen LogP contribution >= 0.6 is 0 Å². The molecular weight excluding hydrogens is 244 g/mol. The molecule has 0 amide bonds. The van der Waals surface area contributed by atoms with Crippen LogP contribution in [0.25, 0.3) is 0 Å². The van der Waals surface area contributed by atoms with Crippen molar-refractivity contribution in [1.82, 2.24) is 5.06 Å². The Bertz CT molecular complexity index is 316. The van der Waals surface area contributed by atoms with Crippen LogP contribution in [-0.4, -0.2) is 36.0 Å². The van der Waals surface area contributed by atoms with E-state index in [1.54, 1.807) is 17.3 Å². The first-order valence-corrected chi connectivity index (χ1v) is 7.08. The van der Waals surface area contributed by atoms with Crippen LogP contribution in [0, 0.1) is 0 Å². The average Bonchev–Trinajstić information content (AvgIpc) is 2.42. The van der Waals surface area contributed by atoms with Crippen molar-refractivity contribution in [3.05, 3.63) is 23.7 Å². The Balaban J connectivity index is 2.59. The third-order valence-electron chi connectivity index (χ3n) is 2.87. The molecule has 1 rings (SSSR count). The van der Waals surface area contributed by atoms with Crippen LogP contribution in [0.5, 0.6) is 0 Å². The first-order valence-electron chi connectivity index (χ1n) is 7.08. The van der Waals surface area contributed by atoms with E-state index in [1.165, 1.54) is 0 Å². The third-order valence-corrected chi connectivity index (χ3v) is 2.87. The molecule has 0 spiro atoms. The molecule has 0 bridgehead atoms. The second kappa shape index (κ2) is 8.96. The number of aliphatic hydroxyl groups is 1. The van der Waals surface area contributed by atoms with Crippen molar-refractivity contribution in [2.24, 2.45) is 5.73 Å². The lowest BCUT2D eigenvalue weighted by Gasteiger charge is -2.29. The van der Waals surface area contributed by atoms with E-state index < -0.39 is 6.10 Å². The molecule has 0 fully saturated rings. The molecule has 0 radical (unpaired) electrons. The zero-order valence-electron chi connectivity index (χ0n) is 12.0. The number of ether oxygens (including phenoxy) is 1. The summed E-state index contributed by atoms with van der Waals surface area (Å²) in [5.41, 5.74) is 6.41. The van der Waals surface area contributed by atoms with Gasteiger partial charge in [0.05, 0.1) is 25.1 Å². The number of hydrogen-bond acceptors (Lipinski definition) is 5. The Labute approximate surface area is 115 Å². The molecular formula is C14H26N2O3. The number of nitrogens with zero attached hydrogens (tertiary/aromatic N) is 1. The molecule has 1 atom stereocenters. The molecule has 1 aliphatic rings. The van der Waals surface area contributed by atoms with Gasteiger partial charge in [0.25, 0.3) is 0 Å². The molecule has 3 N–H and O–H groups in total. The molecule has 0 aliphatic carbocycles. The van der Waals surface area contributed by atoms with Crippen LogP contribution in [0.2, 0.25) is 0 Å². The molecule has 1 heterocycles. The summed E-state index contributed by atoms with van der Waals surface area (Å²) in [5, 5.41) is 11.6. The van der Waals surface area contributed by atoms with E-state index in [-0.39, 0.29) is 0 Å². The monoisotopic (exact) mass is 270 g/mol. The zero-order valence-corrected chi connectivity index (χ0v) is 12.0. The molecule has 0 saturated carbocycles. The van der Waals surface area contributed by atoms with E-state index in [4.69, 9.17) is 15.3 Å². The van der Waals surface area contributed by atoms with Crippen molar-refractivity contribution >= 4 is 0 Å². The number of hydroxylamine groups is 2. The van der Waals surface area contributed by atoms with E-state index in [0.29, 0.717) is 25.5 Å². The molecule has 5 heteroatoms. The van der Waals surface area contributed by atoms with Crippen LogP contribution < -0.4 is 5.73 Å². The first kappa shape index (κ1) is 16.0. The molecule has 1 aliphatic heterocycles. The van der Waals surface area contributed by atoms with Gasteiger partial charge in [0.2, 0.25) is 0 Å². The molecule has 0 unspecified atom stereocenters. The number of unbranched alkanes of at least 4 members (excludes halogenated alkanes) is 2. The summed E-state index contributed by atoms with van der Waals surface area (Å²) in [6.07, 6.45) is 6.71. The summed E-state index contributed by atoms with van der Waals surface area (Å²) in [6, 6.07) is 0. The summed E-state index contributed by atoms with van der Waals surface area (Å²) < 4.78 is 5.57. The van der Waals surface area contributed by atoms with Crippen molar-refractivity contribution < 1.29 is 14.7 Å². The van der Waals surface area contributed by atoms with Gasteiger partial charge >= 0.3 is 0 Å². The van der Waals surface area contributed by atoms with Gasteiger partial charge < -0.3 is 15.6 Å². The lowest BCUT2D eigenvalue weighted by Crippen LogP contribution is -2.31. The van der Waals surface area contributed by atoms with Gasteiger partial charge in [-0.05, 0) is 18.9 Å². The zero-order chi connectivity index (χ0) is 14.1. The Morgan fingerprint density at radius 1 is 1.26 bits per heavy atom. The minimum Gasteiger partial charge on any atom is -0.493 e. The second-order valence-electron chi connectivity index (χ2n) is 4.55. The minimum absolute atomic E-state index is 0.321. The lowest BCUT2D eigenvalue weighted by molar-refractivity contribution is -0.102. The Morgan fingerprint density at radius 3 is 2.58 bits per heavy atom. The van der Waals surface area contributed by atoms with Gasteiger partial charge in [0.15, 0.2) is 0 Å². The molecule has 0 aromatic rings. The normalized spacial score (nSPS) is 19.2. The van der Waals surface area contributed by atoms with Gasteiger partial charge in [-0.25, -0.2) is 5.06 Å². The molecule has 110 valence electrons. The van der Waals surface area contributed by atoms with Gasteiger partial charge in [-0.2, -0.15) is 0 Å². The maximum Gasteiger partial charge on any atom is 0.147 e. The van der Waals surface area contributed by atoms with Crippen LogP contribution in [0.15, 0.2) is 23.7 Å². The van der Waals surface area contributed by atoms with Crippen molar-refractivity contribution in [1.29, 1.82) is 0 Å². The number of rotatable bonds is 9. The largest absolute Gasteiger partial charge is 0.493 e. The van der Waals surface area contributed by atoms with Crippen molar-refractivity contribution in [2.75, 3.05) is 19.8 Å². The van der Waals surface area contributed by atoms with E-state index in [0.717, 1.165) is 31.4 Å². The van der Waals surface area contributed by atoms with E-state index in [9.17, 15) is 5.11 Å². The highest BCUT2D eigenvalue weighted by Gasteiger charge is 2.21. The Hall–Kier alpha value is -1.04. The molecule has 19 heavy (non-hydrogen) atoms. The summed E-state index contributed by atoms with van der Waals surface area (Å²) in [4.78, 5) is 5.63. The fourth-order valence-electron chi connectivity index (χ4n) is 1.66. The fraction of sp³-hybridized carbons (Fsp3) is 0.714. The van der Waals surface area contributed by atoms with Gasteiger partial charge in [0, 0.05) is 6.54 Å². The maximum atomic E-state index is 9.95. The van der Waals surface area contributed by atoms with Gasteiger partial charge in [-0.15, -0.1) is 0 Å². The number of aliphatic hydroxyl groups excluding tert-OH is 1. The summed E-state index contributed by atoms with van der Waals surface area (Å²) in [7, 11) is 0.